The lowest BCUT2D eigenvalue weighted by Crippen LogP contribution is -2.46. The summed E-state index contributed by atoms with van der Waals surface area (Å²) in [5.74, 6) is 3.38. The average Bonchev–Trinajstić information content (AvgIpc) is 3.14. The summed E-state index contributed by atoms with van der Waals surface area (Å²) in [7, 11) is 0. The molecule has 0 aromatic carbocycles. The molecule has 2 aliphatic heterocycles. The van der Waals surface area contributed by atoms with E-state index < -0.39 is 0 Å². The van der Waals surface area contributed by atoms with Crippen molar-refractivity contribution in [1.29, 1.82) is 0 Å². The summed E-state index contributed by atoms with van der Waals surface area (Å²) in [4.78, 5) is 9.25. The molecular formula is C15H20N6. The lowest BCUT2D eigenvalue weighted by molar-refractivity contribution is 0.240. The number of fused-ring (bicyclic) bond motifs is 1. The third-order valence-electron chi connectivity index (χ3n) is 4.40. The monoisotopic (exact) mass is 284 g/mol. The predicted molar refractivity (Wildman–Crippen MR) is 80.1 cm³/mol. The Labute approximate surface area is 124 Å². The van der Waals surface area contributed by atoms with Crippen LogP contribution in [0.5, 0.6) is 0 Å². The maximum Gasteiger partial charge on any atom is 0.147 e. The molecule has 2 aromatic heterocycles. The van der Waals surface area contributed by atoms with E-state index >= 15 is 0 Å². The molecule has 1 fully saturated rings. The van der Waals surface area contributed by atoms with Gasteiger partial charge in [-0.05, 0) is 18.6 Å². The molecule has 0 bridgehead atoms. The standard InChI is InChI=1S/C15H20N6/c1-2-6-16-13(4-1)20-10-8-19(9-11-20)12-15-18-17-14-5-3-7-21(14)15/h1-2,4,6H,3,5,7-12H2. The molecule has 0 aliphatic carbocycles. The minimum atomic E-state index is 0.920. The summed E-state index contributed by atoms with van der Waals surface area (Å²) in [6, 6.07) is 6.10. The Kier molecular flexibility index (Phi) is 3.31. The summed E-state index contributed by atoms with van der Waals surface area (Å²) in [6.07, 6.45) is 4.16. The number of hydrogen-bond acceptors (Lipinski definition) is 5. The molecule has 0 amide bonds. The highest BCUT2D eigenvalue weighted by Gasteiger charge is 2.22. The Morgan fingerprint density at radius 3 is 2.71 bits per heavy atom. The number of piperazine rings is 1. The van der Waals surface area contributed by atoms with Gasteiger partial charge in [-0.3, -0.25) is 4.90 Å². The van der Waals surface area contributed by atoms with E-state index in [1.165, 1.54) is 6.42 Å². The second kappa shape index (κ2) is 5.44. The van der Waals surface area contributed by atoms with Gasteiger partial charge in [-0.25, -0.2) is 4.98 Å². The molecule has 0 unspecified atom stereocenters. The molecule has 0 radical (unpaired) electrons. The van der Waals surface area contributed by atoms with Gasteiger partial charge in [-0.15, -0.1) is 10.2 Å². The van der Waals surface area contributed by atoms with Crippen LogP contribution in [0.15, 0.2) is 24.4 Å². The minimum absolute atomic E-state index is 0.920. The summed E-state index contributed by atoms with van der Waals surface area (Å²) in [6.45, 7) is 6.17. The van der Waals surface area contributed by atoms with E-state index in [4.69, 9.17) is 0 Å². The third-order valence-corrected chi connectivity index (χ3v) is 4.40. The van der Waals surface area contributed by atoms with Gasteiger partial charge in [0, 0.05) is 45.3 Å². The van der Waals surface area contributed by atoms with Crippen LogP contribution in [0.2, 0.25) is 0 Å². The molecule has 4 rings (SSSR count). The molecule has 0 atom stereocenters. The molecule has 2 aliphatic rings. The van der Waals surface area contributed by atoms with Gasteiger partial charge in [0.15, 0.2) is 0 Å². The summed E-state index contributed by atoms with van der Waals surface area (Å²) in [5.41, 5.74) is 0. The lowest BCUT2D eigenvalue weighted by atomic mass is 10.3. The van der Waals surface area contributed by atoms with Crippen molar-refractivity contribution in [2.45, 2.75) is 25.9 Å². The first-order valence-electron chi connectivity index (χ1n) is 7.69. The van der Waals surface area contributed by atoms with Crippen molar-refractivity contribution < 1.29 is 0 Å². The predicted octanol–water partition coefficient (Wildman–Crippen LogP) is 0.941. The maximum atomic E-state index is 4.43. The Bertz CT molecular complexity index is 600. The first-order valence-corrected chi connectivity index (χ1v) is 7.69. The highest BCUT2D eigenvalue weighted by atomic mass is 15.3. The SMILES string of the molecule is c1ccc(N2CCN(Cc3nnc4n3CCC4)CC2)nc1. The third kappa shape index (κ3) is 2.51. The number of hydrogen-bond donors (Lipinski definition) is 0. The quantitative estimate of drug-likeness (QED) is 0.839. The van der Waals surface area contributed by atoms with Crippen LogP contribution in [-0.2, 0) is 19.5 Å². The van der Waals surface area contributed by atoms with Gasteiger partial charge >= 0.3 is 0 Å². The molecule has 0 saturated carbocycles. The van der Waals surface area contributed by atoms with Crippen LogP contribution in [0.25, 0.3) is 0 Å². The van der Waals surface area contributed by atoms with Gasteiger partial charge in [-0.2, -0.15) is 0 Å². The van der Waals surface area contributed by atoms with E-state index in [-0.39, 0.29) is 0 Å². The van der Waals surface area contributed by atoms with Gasteiger partial charge < -0.3 is 9.47 Å². The molecule has 2 aromatic rings. The number of anilines is 1. The van der Waals surface area contributed by atoms with Crippen molar-refractivity contribution in [3.63, 3.8) is 0 Å². The zero-order valence-corrected chi connectivity index (χ0v) is 12.1. The Balaban J connectivity index is 1.37. The van der Waals surface area contributed by atoms with Crippen molar-refractivity contribution in [3.05, 3.63) is 36.0 Å². The summed E-state index contributed by atoms with van der Waals surface area (Å²) < 4.78 is 2.30. The van der Waals surface area contributed by atoms with Crippen LogP contribution in [0.4, 0.5) is 5.82 Å². The molecule has 1 saturated heterocycles. The molecule has 0 N–H and O–H groups in total. The van der Waals surface area contributed by atoms with E-state index in [0.29, 0.717) is 0 Å². The fourth-order valence-electron chi connectivity index (χ4n) is 3.20. The van der Waals surface area contributed by atoms with E-state index in [1.54, 1.807) is 0 Å². The number of aromatic nitrogens is 4. The number of pyridine rings is 1. The van der Waals surface area contributed by atoms with E-state index in [1.807, 2.05) is 18.3 Å². The van der Waals surface area contributed by atoms with E-state index in [9.17, 15) is 0 Å². The first kappa shape index (κ1) is 12.8. The van der Waals surface area contributed by atoms with Crippen molar-refractivity contribution in [2.75, 3.05) is 31.1 Å². The van der Waals surface area contributed by atoms with Gasteiger partial charge in [0.1, 0.15) is 17.5 Å². The minimum Gasteiger partial charge on any atom is -0.354 e. The zero-order valence-electron chi connectivity index (χ0n) is 12.1. The Morgan fingerprint density at radius 1 is 1.00 bits per heavy atom. The zero-order chi connectivity index (χ0) is 14.1. The average molecular weight is 284 g/mol. The largest absolute Gasteiger partial charge is 0.354 e. The van der Waals surface area contributed by atoms with Crippen LogP contribution in [0, 0.1) is 0 Å². The lowest BCUT2D eigenvalue weighted by Gasteiger charge is -2.35. The molecule has 110 valence electrons. The smallest absolute Gasteiger partial charge is 0.147 e. The van der Waals surface area contributed by atoms with Crippen LogP contribution in [-0.4, -0.2) is 50.8 Å². The van der Waals surface area contributed by atoms with Gasteiger partial charge in [0.25, 0.3) is 0 Å². The molecular weight excluding hydrogens is 264 g/mol. The van der Waals surface area contributed by atoms with Gasteiger partial charge in [0.2, 0.25) is 0 Å². The highest BCUT2D eigenvalue weighted by molar-refractivity contribution is 5.38. The van der Waals surface area contributed by atoms with Crippen LogP contribution >= 0.6 is 0 Å². The summed E-state index contributed by atoms with van der Waals surface area (Å²) >= 11 is 0. The highest BCUT2D eigenvalue weighted by Crippen LogP contribution is 2.17. The first-order chi connectivity index (χ1) is 10.4. The fraction of sp³-hybridized carbons (Fsp3) is 0.533. The van der Waals surface area contributed by atoms with E-state index in [0.717, 1.165) is 63.2 Å². The molecule has 6 heteroatoms. The molecule has 6 nitrogen and oxygen atoms in total. The second-order valence-electron chi connectivity index (χ2n) is 5.74. The van der Waals surface area contributed by atoms with Gasteiger partial charge in [-0.1, -0.05) is 6.07 Å². The topological polar surface area (TPSA) is 50.1 Å². The number of aryl methyl sites for hydroxylation is 1. The Hall–Kier alpha value is -1.95. The van der Waals surface area contributed by atoms with Crippen LogP contribution in [0.3, 0.4) is 0 Å². The second-order valence-corrected chi connectivity index (χ2v) is 5.74. The molecule has 21 heavy (non-hydrogen) atoms. The van der Waals surface area contributed by atoms with E-state index in [2.05, 4.69) is 35.6 Å². The molecule has 4 heterocycles. The van der Waals surface area contributed by atoms with Crippen molar-refractivity contribution >= 4 is 5.82 Å². The van der Waals surface area contributed by atoms with Crippen molar-refractivity contribution in [3.8, 4) is 0 Å². The van der Waals surface area contributed by atoms with Crippen molar-refractivity contribution in [2.24, 2.45) is 0 Å². The van der Waals surface area contributed by atoms with Crippen LogP contribution < -0.4 is 4.90 Å². The normalized spacial score (nSPS) is 19.0. The Morgan fingerprint density at radius 2 is 1.90 bits per heavy atom. The fourth-order valence-corrected chi connectivity index (χ4v) is 3.20. The molecule has 0 spiro atoms. The van der Waals surface area contributed by atoms with Crippen molar-refractivity contribution in [1.82, 2.24) is 24.6 Å². The number of nitrogens with zero attached hydrogens (tertiary/aromatic N) is 6. The summed E-state index contributed by atoms with van der Waals surface area (Å²) in [5, 5.41) is 8.65. The van der Waals surface area contributed by atoms with Crippen LogP contribution in [0.1, 0.15) is 18.1 Å². The number of rotatable bonds is 3. The maximum absolute atomic E-state index is 4.43. The van der Waals surface area contributed by atoms with Gasteiger partial charge in [0.05, 0.1) is 6.54 Å².